The van der Waals surface area contributed by atoms with E-state index >= 15 is 0 Å². The molecule has 1 fully saturated rings. The normalized spacial score (nSPS) is 15.2. The first-order valence-corrected chi connectivity index (χ1v) is 7.03. The molecule has 1 aliphatic rings. The highest BCUT2D eigenvalue weighted by atomic mass is 35.5. The van der Waals surface area contributed by atoms with Gasteiger partial charge in [-0.15, -0.1) is 0 Å². The average molecular weight is 252 g/mol. The summed E-state index contributed by atoms with van der Waals surface area (Å²) >= 11 is 6.10. The minimum absolute atomic E-state index is 0.842. The van der Waals surface area contributed by atoms with E-state index in [1.165, 1.54) is 55.3 Å². The van der Waals surface area contributed by atoms with Crippen molar-refractivity contribution in [3.05, 3.63) is 33.8 Å². The summed E-state index contributed by atoms with van der Waals surface area (Å²) in [6.45, 7) is 5.42. The van der Waals surface area contributed by atoms with Gasteiger partial charge in [0.1, 0.15) is 0 Å². The molecule has 94 valence electrons. The lowest BCUT2D eigenvalue weighted by Crippen LogP contribution is -2.17. The van der Waals surface area contributed by atoms with Crippen LogP contribution in [0, 0.1) is 13.8 Å². The van der Waals surface area contributed by atoms with Crippen molar-refractivity contribution in [2.45, 2.75) is 52.0 Å². The average Bonchev–Trinajstić information content (AvgIpc) is 3.08. The van der Waals surface area contributed by atoms with Crippen molar-refractivity contribution in [3.8, 4) is 0 Å². The number of hydrogen-bond acceptors (Lipinski definition) is 1. The van der Waals surface area contributed by atoms with E-state index in [1.54, 1.807) is 0 Å². The Bertz CT molecular complexity index is 383. The van der Waals surface area contributed by atoms with Crippen LogP contribution in [0.15, 0.2) is 12.1 Å². The Morgan fingerprint density at radius 3 is 2.65 bits per heavy atom. The van der Waals surface area contributed by atoms with Crippen molar-refractivity contribution in [1.29, 1.82) is 0 Å². The molecule has 1 aromatic rings. The first-order valence-electron chi connectivity index (χ1n) is 6.66. The summed E-state index contributed by atoms with van der Waals surface area (Å²) in [5.41, 5.74) is 3.98. The fraction of sp³-hybridized carbons (Fsp3) is 0.600. The van der Waals surface area contributed by atoms with Crippen LogP contribution >= 0.6 is 11.6 Å². The minimum atomic E-state index is 0.842. The summed E-state index contributed by atoms with van der Waals surface area (Å²) in [5, 5.41) is 4.45. The summed E-state index contributed by atoms with van der Waals surface area (Å²) in [6, 6.07) is 5.18. The lowest BCUT2D eigenvalue weighted by atomic mass is 10.0. The monoisotopic (exact) mass is 251 g/mol. The summed E-state index contributed by atoms with van der Waals surface area (Å²) in [5.74, 6) is 0. The molecule has 0 aliphatic heterocycles. The first-order chi connectivity index (χ1) is 8.16. The van der Waals surface area contributed by atoms with Crippen LogP contribution in [-0.4, -0.2) is 12.6 Å². The van der Waals surface area contributed by atoms with Gasteiger partial charge >= 0.3 is 0 Å². The lowest BCUT2D eigenvalue weighted by molar-refractivity contribution is 0.619. The number of benzene rings is 1. The van der Waals surface area contributed by atoms with E-state index in [9.17, 15) is 0 Å². The van der Waals surface area contributed by atoms with Crippen LogP contribution in [0.1, 0.15) is 42.4 Å². The Morgan fingerprint density at radius 2 is 1.94 bits per heavy atom. The zero-order valence-corrected chi connectivity index (χ0v) is 11.6. The molecule has 0 unspecified atom stereocenters. The van der Waals surface area contributed by atoms with Crippen LogP contribution in [0.3, 0.4) is 0 Å². The largest absolute Gasteiger partial charge is 0.314 e. The van der Waals surface area contributed by atoms with Crippen LogP contribution in [0.5, 0.6) is 0 Å². The van der Waals surface area contributed by atoms with Crippen LogP contribution in [0.2, 0.25) is 5.02 Å². The highest BCUT2D eigenvalue weighted by Crippen LogP contribution is 2.22. The summed E-state index contributed by atoms with van der Waals surface area (Å²) < 4.78 is 0. The number of hydrogen-bond donors (Lipinski definition) is 1. The molecule has 0 heterocycles. The third-order valence-electron chi connectivity index (χ3n) is 3.50. The highest BCUT2D eigenvalue weighted by molar-refractivity contribution is 6.31. The molecule has 0 spiro atoms. The second kappa shape index (κ2) is 5.88. The lowest BCUT2D eigenvalue weighted by Gasteiger charge is -2.09. The van der Waals surface area contributed by atoms with E-state index in [0.29, 0.717) is 0 Å². The molecule has 1 nitrogen and oxygen atoms in total. The van der Waals surface area contributed by atoms with E-state index in [0.717, 1.165) is 11.1 Å². The van der Waals surface area contributed by atoms with Gasteiger partial charge in [0.2, 0.25) is 0 Å². The van der Waals surface area contributed by atoms with Gasteiger partial charge in [-0.3, -0.25) is 0 Å². The third-order valence-corrected chi connectivity index (χ3v) is 3.91. The van der Waals surface area contributed by atoms with Crippen LogP contribution in [-0.2, 0) is 6.42 Å². The zero-order chi connectivity index (χ0) is 12.3. The topological polar surface area (TPSA) is 12.0 Å². The SMILES string of the molecule is Cc1cc(CCCCNC2CC2)c(C)cc1Cl. The second-order valence-electron chi connectivity index (χ2n) is 5.21. The van der Waals surface area contributed by atoms with Gasteiger partial charge in [-0.1, -0.05) is 17.7 Å². The Labute approximate surface area is 110 Å². The van der Waals surface area contributed by atoms with Crippen LogP contribution < -0.4 is 5.32 Å². The first kappa shape index (κ1) is 12.9. The van der Waals surface area contributed by atoms with Crippen LogP contribution in [0.25, 0.3) is 0 Å². The van der Waals surface area contributed by atoms with E-state index in [1.807, 2.05) is 0 Å². The van der Waals surface area contributed by atoms with Gasteiger partial charge < -0.3 is 5.32 Å². The fourth-order valence-corrected chi connectivity index (χ4v) is 2.36. The maximum atomic E-state index is 6.10. The molecular weight excluding hydrogens is 230 g/mol. The number of halogens is 1. The molecule has 1 N–H and O–H groups in total. The van der Waals surface area contributed by atoms with Gasteiger partial charge in [-0.2, -0.15) is 0 Å². The van der Waals surface area contributed by atoms with E-state index in [2.05, 4.69) is 31.3 Å². The van der Waals surface area contributed by atoms with Crippen molar-refractivity contribution in [1.82, 2.24) is 5.32 Å². The molecule has 0 bridgehead atoms. The molecule has 0 atom stereocenters. The number of aryl methyl sites for hydroxylation is 3. The molecule has 0 amide bonds. The summed E-state index contributed by atoms with van der Waals surface area (Å²) in [4.78, 5) is 0. The Balaban J connectivity index is 1.75. The quantitative estimate of drug-likeness (QED) is 0.753. The molecule has 2 heteroatoms. The molecular formula is C15H22ClN. The molecule has 0 aromatic heterocycles. The van der Waals surface area contributed by atoms with Crippen molar-refractivity contribution >= 4 is 11.6 Å². The van der Waals surface area contributed by atoms with E-state index < -0.39 is 0 Å². The van der Waals surface area contributed by atoms with Gasteiger partial charge in [0.15, 0.2) is 0 Å². The molecule has 17 heavy (non-hydrogen) atoms. The third kappa shape index (κ3) is 4.01. The summed E-state index contributed by atoms with van der Waals surface area (Å²) in [7, 11) is 0. The smallest absolute Gasteiger partial charge is 0.0438 e. The molecule has 1 saturated carbocycles. The zero-order valence-electron chi connectivity index (χ0n) is 10.9. The maximum absolute atomic E-state index is 6.10. The Morgan fingerprint density at radius 1 is 1.18 bits per heavy atom. The fourth-order valence-electron chi connectivity index (χ4n) is 2.14. The molecule has 0 saturated heterocycles. The van der Waals surface area contributed by atoms with Gasteiger partial charge in [0, 0.05) is 11.1 Å². The molecule has 1 aromatic carbocycles. The molecule has 0 radical (unpaired) electrons. The Hall–Kier alpha value is -0.530. The number of unbranched alkanes of at least 4 members (excludes halogenated alkanes) is 1. The molecule has 2 rings (SSSR count). The summed E-state index contributed by atoms with van der Waals surface area (Å²) in [6.07, 6.45) is 6.49. The van der Waals surface area contributed by atoms with E-state index in [-0.39, 0.29) is 0 Å². The van der Waals surface area contributed by atoms with Gasteiger partial charge in [0.05, 0.1) is 0 Å². The van der Waals surface area contributed by atoms with Crippen molar-refractivity contribution in [3.63, 3.8) is 0 Å². The Kier molecular flexibility index (Phi) is 4.47. The van der Waals surface area contributed by atoms with Gasteiger partial charge in [-0.05, 0) is 75.3 Å². The van der Waals surface area contributed by atoms with Crippen molar-refractivity contribution in [2.75, 3.05) is 6.54 Å². The predicted molar refractivity (Wildman–Crippen MR) is 74.9 cm³/mol. The maximum Gasteiger partial charge on any atom is 0.0438 e. The molecule has 1 aliphatic carbocycles. The van der Waals surface area contributed by atoms with Gasteiger partial charge in [-0.25, -0.2) is 0 Å². The van der Waals surface area contributed by atoms with Crippen LogP contribution in [0.4, 0.5) is 0 Å². The minimum Gasteiger partial charge on any atom is -0.314 e. The van der Waals surface area contributed by atoms with Crippen molar-refractivity contribution < 1.29 is 0 Å². The van der Waals surface area contributed by atoms with E-state index in [4.69, 9.17) is 11.6 Å². The number of rotatable bonds is 6. The predicted octanol–water partition coefficient (Wildman–Crippen LogP) is 4.03. The highest BCUT2D eigenvalue weighted by Gasteiger charge is 2.19. The standard InChI is InChI=1S/C15H22ClN/c1-11-10-15(16)12(2)9-13(11)5-3-4-8-17-14-6-7-14/h9-10,14,17H,3-8H2,1-2H3. The second-order valence-corrected chi connectivity index (χ2v) is 5.62. The van der Waals surface area contributed by atoms with Crippen molar-refractivity contribution in [2.24, 2.45) is 0 Å². The number of nitrogens with one attached hydrogen (secondary N) is 1. The van der Waals surface area contributed by atoms with Gasteiger partial charge in [0.25, 0.3) is 0 Å².